The van der Waals surface area contributed by atoms with Crippen molar-refractivity contribution in [2.45, 2.75) is 25.6 Å². The summed E-state index contributed by atoms with van der Waals surface area (Å²) in [6, 6.07) is 6.74. The van der Waals surface area contributed by atoms with E-state index >= 15 is 0 Å². The zero-order valence-corrected chi connectivity index (χ0v) is 17.7. The largest absolute Gasteiger partial charge is 0.440 e. The molecule has 3 rings (SSSR count). The maximum absolute atomic E-state index is 12.6. The Labute approximate surface area is 186 Å². The van der Waals surface area contributed by atoms with Crippen LogP contribution in [0.25, 0.3) is 0 Å². The Bertz CT molecular complexity index is 944. The number of nitrogens with one attached hydrogen (secondary N) is 1. The number of amides is 2. The number of halogens is 5. The lowest BCUT2D eigenvalue weighted by molar-refractivity contribution is -0.162. The minimum Gasteiger partial charge on any atom is -0.440 e. The molecule has 1 fully saturated rings. The van der Waals surface area contributed by atoms with Gasteiger partial charge in [-0.3, -0.25) is 4.79 Å². The number of hydrogen-bond acceptors (Lipinski definition) is 4. The van der Waals surface area contributed by atoms with Gasteiger partial charge in [0.05, 0.1) is 12.7 Å². The average molecular weight is 479 g/mol. The number of aromatic nitrogens is 2. The third kappa shape index (κ3) is 6.51. The van der Waals surface area contributed by atoms with Crippen LogP contribution in [0.2, 0.25) is 10.0 Å². The number of rotatable bonds is 5. The highest BCUT2D eigenvalue weighted by atomic mass is 35.5. The molecule has 2 amide bonds. The number of alkyl halides is 3. The first kappa shape index (κ1) is 23.2. The van der Waals surface area contributed by atoms with Gasteiger partial charge in [-0.05, 0) is 30.5 Å². The first-order valence-corrected chi connectivity index (χ1v) is 10.1. The predicted octanol–water partition coefficient (Wildman–Crippen LogP) is 4.59. The Morgan fingerprint density at radius 1 is 1.19 bits per heavy atom. The first-order valence-electron chi connectivity index (χ1n) is 9.37. The molecule has 0 unspecified atom stereocenters. The second kappa shape index (κ2) is 9.78. The van der Waals surface area contributed by atoms with Crippen molar-refractivity contribution in [1.82, 2.24) is 14.7 Å². The van der Waals surface area contributed by atoms with E-state index in [4.69, 9.17) is 23.2 Å². The average Bonchev–Trinajstić information content (AvgIpc) is 3.14. The quantitative estimate of drug-likeness (QED) is 0.681. The summed E-state index contributed by atoms with van der Waals surface area (Å²) in [7, 11) is 0. The maximum Gasteiger partial charge on any atom is 0.422 e. The number of likely N-dealkylation sites (tertiary alicyclic amines) is 1. The predicted molar refractivity (Wildman–Crippen MR) is 108 cm³/mol. The van der Waals surface area contributed by atoms with Gasteiger partial charge >= 0.3 is 12.3 Å². The van der Waals surface area contributed by atoms with Gasteiger partial charge < -0.3 is 15.0 Å². The van der Waals surface area contributed by atoms with Crippen LogP contribution >= 0.6 is 23.2 Å². The molecule has 168 valence electrons. The van der Waals surface area contributed by atoms with Crippen molar-refractivity contribution in [3.63, 3.8) is 0 Å². The van der Waals surface area contributed by atoms with Crippen molar-refractivity contribution in [1.29, 1.82) is 0 Å². The van der Waals surface area contributed by atoms with E-state index in [0.717, 1.165) is 5.56 Å². The molecule has 0 radical (unpaired) electrons. The molecule has 0 aliphatic carbocycles. The topological polar surface area (TPSA) is 76.5 Å². The summed E-state index contributed by atoms with van der Waals surface area (Å²) in [4.78, 5) is 25.5. The fraction of sp³-hybridized carbons (Fsp3) is 0.421. The molecule has 0 spiro atoms. The molecule has 0 saturated carbocycles. The molecule has 2 heterocycles. The molecule has 0 atom stereocenters. The van der Waals surface area contributed by atoms with Crippen molar-refractivity contribution in [3.8, 4) is 0 Å². The Morgan fingerprint density at radius 3 is 2.55 bits per heavy atom. The summed E-state index contributed by atoms with van der Waals surface area (Å²) in [5, 5.41) is 7.99. The molecule has 1 N–H and O–H groups in total. The number of nitrogens with zero attached hydrogens (tertiary/aromatic N) is 3. The van der Waals surface area contributed by atoms with Crippen molar-refractivity contribution in [2.24, 2.45) is 5.92 Å². The number of anilines is 1. The van der Waals surface area contributed by atoms with Gasteiger partial charge in [-0.2, -0.15) is 18.3 Å². The van der Waals surface area contributed by atoms with Gasteiger partial charge in [-0.25, -0.2) is 9.48 Å². The zero-order valence-electron chi connectivity index (χ0n) is 16.2. The van der Waals surface area contributed by atoms with E-state index in [9.17, 15) is 22.8 Å². The van der Waals surface area contributed by atoms with E-state index in [1.54, 1.807) is 35.1 Å². The summed E-state index contributed by atoms with van der Waals surface area (Å²) in [6.07, 6.45) is -3.45. The molecule has 7 nitrogen and oxygen atoms in total. The molecule has 1 aromatic carbocycles. The Kier molecular flexibility index (Phi) is 7.32. The number of ether oxygens (including phenoxy) is 1. The van der Waals surface area contributed by atoms with E-state index < -0.39 is 24.8 Å². The lowest BCUT2D eigenvalue weighted by Gasteiger charge is -2.30. The van der Waals surface area contributed by atoms with E-state index in [1.165, 1.54) is 4.90 Å². The van der Waals surface area contributed by atoms with Crippen molar-refractivity contribution in [2.75, 3.05) is 25.0 Å². The van der Waals surface area contributed by atoms with E-state index in [-0.39, 0.29) is 19.0 Å². The second-order valence-electron chi connectivity index (χ2n) is 7.03. The van der Waals surface area contributed by atoms with Crippen LogP contribution in [0.1, 0.15) is 18.4 Å². The highest BCUT2D eigenvalue weighted by Gasteiger charge is 2.33. The van der Waals surface area contributed by atoms with Crippen LogP contribution < -0.4 is 5.32 Å². The third-order valence-electron chi connectivity index (χ3n) is 4.79. The SMILES string of the molecule is O=C(Nc1ccnn1Cc1ccc(Cl)cc1Cl)C1CCN(C(=O)OCC(F)(F)F)CC1. The molecule has 1 aliphatic heterocycles. The van der Waals surface area contributed by atoms with Crippen LogP contribution in [0.4, 0.5) is 23.8 Å². The smallest absolute Gasteiger partial charge is 0.422 e. The standard InChI is InChI=1S/C19H19Cl2F3N4O3/c20-14-2-1-13(15(21)9-14)10-28-16(3-6-25-28)26-17(29)12-4-7-27(8-5-12)18(30)31-11-19(22,23)24/h1-3,6,9,12H,4-5,7-8,10-11H2,(H,26,29). The second-order valence-corrected chi connectivity index (χ2v) is 7.87. The van der Waals surface area contributed by atoms with Gasteiger partial charge in [-0.1, -0.05) is 29.3 Å². The summed E-state index contributed by atoms with van der Waals surface area (Å²) in [5.74, 6) is -0.176. The molecule has 0 bridgehead atoms. The fourth-order valence-electron chi connectivity index (χ4n) is 3.16. The van der Waals surface area contributed by atoms with Crippen molar-refractivity contribution >= 4 is 41.0 Å². The third-order valence-corrected chi connectivity index (χ3v) is 5.37. The highest BCUT2D eigenvalue weighted by Crippen LogP contribution is 2.24. The fourth-order valence-corrected chi connectivity index (χ4v) is 3.63. The first-order chi connectivity index (χ1) is 14.6. The van der Waals surface area contributed by atoms with Gasteiger partial charge in [-0.15, -0.1) is 0 Å². The monoisotopic (exact) mass is 478 g/mol. The molecule has 1 aliphatic rings. The Hall–Kier alpha value is -2.46. The maximum atomic E-state index is 12.6. The lowest BCUT2D eigenvalue weighted by Crippen LogP contribution is -2.42. The number of carbonyl (C=O) groups is 2. The summed E-state index contributed by atoms with van der Waals surface area (Å²) in [5.41, 5.74) is 0.774. The Morgan fingerprint density at radius 2 is 1.90 bits per heavy atom. The number of hydrogen-bond donors (Lipinski definition) is 1. The molecule has 31 heavy (non-hydrogen) atoms. The number of piperidine rings is 1. The molecule has 1 saturated heterocycles. The number of benzene rings is 1. The van der Waals surface area contributed by atoms with E-state index in [2.05, 4.69) is 15.2 Å². The van der Waals surface area contributed by atoms with E-state index in [1.807, 2.05) is 0 Å². The van der Waals surface area contributed by atoms with Crippen LogP contribution in [0.15, 0.2) is 30.5 Å². The van der Waals surface area contributed by atoms with Gasteiger partial charge in [0, 0.05) is 35.1 Å². The molecule has 12 heteroatoms. The normalized spacial score (nSPS) is 15.1. The van der Waals surface area contributed by atoms with Crippen LogP contribution in [-0.4, -0.2) is 52.6 Å². The van der Waals surface area contributed by atoms with Crippen LogP contribution in [-0.2, 0) is 16.1 Å². The molecule has 1 aromatic heterocycles. The Balaban J connectivity index is 1.53. The van der Waals surface area contributed by atoms with Crippen molar-refractivity contribution < 1.29 is 27.5 Å². The van der Waals surface area contributed by atoms with Gasteiger partial charge in [0.25, 0.3) is 0 Å². The van der Waals surface area contributed by atoms with Gasteiger partial charge in [0.2, 0.25) is 5.91 Å². The molecular formula is C19H19Cl2F3N4O3. The lowest BCUT2D eigenvalue weighted by atomic mass is 9.96. The van der Waals surface area contributed by atoms with Gasteiger partial charge in [0.15, 0.2) is 6.61 Å². The number of carbonyl (C=O) groups excluding carboxylic acids is 2. The highest BCUT2D eigenvalue weighted by molar-refractivity contribution is 6.35. The summed E-state index contributed by atoms with van der Waals surface area (Å²) < 4.78 is 42.3. The van der Waals surface area contributed by atoms with Gasteiger partial charge in [0.1, 0.15) is 5.82 Å². The van der Waals surface area contributed by atoms with Crippen molar-refractivity contribution in [3.05, 3.63) is 46.1 Å². The van der Waals surface area contributed by atoms with Crippen LogP contribution in [0.5, 0.6) is 0 Å². The van der Waals surface area contributed by atoms with Crippen LogP contribution in [0, 0.1) is 5.92 Å². The molecule has 2 aromatic rings. The molecular weight excluding hydrogens is 460 g/mol. The summed E-state index contributed by atoms with van der Waals surface area (Å²) >= 11 is 12.1. The minimum atomic E-state index is -4.58. The summed E-state index contributed by atoms with van der Waals surface area (Å²) in [6.45, 7) is -1.04. The zero-order chi connectivity index (χ0) is 22.6. The van der Waals surface area contributed by atoms with E-state index in [0.29, 0.717) is 35.2 Å². The van der Waals surface area contributed by atoms with Crippen LogP contribution in [0.3, 0.4) is 0 Å². The minimum absolute atomic E-state index is 0.133.